The smallest absolute Gasteiger partial charge is 0.387 e. The fourth-order valence-corrected chi connectivity index (χ4v) is 2.23. The zero-order chi connectivity index (χ0) is 14.4. The predicted molar refractivity (Wildman–Crippen MR) is 70.8 cm³/mol. The van der Waals surface area contributed by atoms with Gasteiger partial charge in [-0.05, 0) is 37.1 Å². The summed E-state index contributed by atoms with van der Waals surface area (Å²) in [5, 5.41) is 6.19. The molecule has 0 bridgehead atoms. The summed E-state index contributed by atoms with van der Waals surface area (Å²) in [6.07, 6.45) is 2.29. The first-order valence-electron chi connectivity index (χ1n) is 6.67. The lowest BCUT2D eigenvalue weighted by Crippen LogP contribution is -2.46. The minimum Gasteiger partial charge on any atom is -0.435 e. The van der Waals surface area contributed by atoms with E-state index in [4.69, 9.17) is 0 Å². The second-order valence-electron chi connectivity index (χ2n) is 4.81. The number of piperidine rings is 1. The Bertz CT molecular complexity index is 431. The highest BCUT2D eigenvalue weighted by molar-refractivity contribution is 5.78. The number of carbonyl (C=O) groups excluding carboxylic acids is 1. The van der Waals surface area contributed by atoms with Gasteiger partial charge in [0.05, 0.1) is 6.42 Å². The Morgan fingerprint density at radius 3 is 2.75 bits per heavy atom. The lowest BCUT2D eigenvalue weighted by Gasteiger charge is -2.23. The standard InChI is InChI=1S/C14H18F2N2O2/c15-14(16)20-12-5-3-10(4-6-12)8-13(19)18-11-2-1-7-17-9-11/h3-6,11,14,17H,1-2,7-9H2,(H,18,19). The Kier molecular flexibility index (Phi) is 5.29. The molecule has 1 fully saturated rings. The van der Waals surface area contributed by atoms with E-state index < -0.39 is 6.61 Å². The molecule has 0 spiro atoms. The Labute approximate surface area is 116 Å². The fourth-order valence-electron chi connectivity index (χ4n) is 2.23. The van der Waals surface area contributed by atoms with Gasteiger partial charge in [-0.25, -0.2) is 0 Å². The van der Waals surface area contributed by atoms with E-state index in [1.807, 2.05) is 0 Å². The number of benzene rings is 1. The van der Waals surface area contributed by atoms with Gasteiger partial charge in [-0.15, -0.1) is 0 Å². The number of ether oxygens (including phenoxy) is 1. The lowest BCUT2D eigenvalue weighted by molar-refractivity contribution is -0.121. The molecule has 1 aromatic carbocycles. The largest absolute Gasteiger partial charge is 0.435 e. The molecule has 1 saturated heterocycles. The van der Waals surface area contributed by atoms with E-state index in [0.717, 1.165) is 31.5 Å². The van der Waals surface area contributed by atoms with Crippen LogP contribution in [0.4, 0.5) is 8.78 Å². The number of hydrogen-bond donors (Lipinski definition) is 2. The van der Waals surface area contributed by atoms with Crippen LogP contribution in [0.25, 0.3) is 0 Å². The summed E-state index contributed by atoms with van der Waals surface area (Å²) >= 11 is 0. The average molecular weight is 284 g/mol. The van der Waals surface area contributed by atoms with Crippen molar-refractivity contribution in [3.8, 4) is 5.75 Å². The monoisotopic (exact) mass is 284 g/mol. The summed E-state index contributed by atoms with van der Waals surface area (Å²) < 4.78 is 28.3. The minimum absolute atomic E-state index is 0.0544. The molecule has 4 nitrogen and oxygen atoms in total. The molecule has 110 valence electrons. The number of hydrogen-bond acceptors (Lipinski definition) is 3. The number of carbonyl (C=O) groups is 1. The molecule has 2 rings (SSSR count). The van der Waals surface area contributed by atoms with Crippen molar-refractivity contribution in [1.29, 1.82) is 0 Å². The summed E-state index contributed by atoms with van der Waals surface area (Å²) in [6, 6.07) is 6.30. The first-order valence-corrected chi connectivity index (χ1v) is 6.67. The molecule has 6 heteroatoms. The van der Waals surface area contributed by atoms with Crippen LogP contribution in [-0.4, -0.2) is 31.7 Å². The van der Waals surface area contributed by atoms with E-state index in [1.54, 1.807) is 12.1 Å². The quantitative estimate of drug-likeness (QED) is 0.865. The van der Waals surface area contributed by atoms with Crippen LogP contribution in [0.1, 0.15) is 18.4 Å². The molecule has 0 aromatic heterocycles. The molecule has 1 aliphatic rings. The number of alkyl halides is 2. The number of halogens is 2. The van der Waals surface area contributed by atoms with Crippen molar-refractivity contribution in [2.45, 2.75) is 31.9 Å². The first kappa shape index (κ1) is 14.7. The molecule has 0 radical (unpaired) electrons. The summed E-state index contributed by atoms with van der Waals surface area (Å²) in [4.78, 5) is 11.9. The Hall–Kier alpha value is -1.69. The van der Waals surface area contributed by atoms with Gasteiger partial charge in [-0.2, -0.15) is 8.78 Å². The zero-order valence-corrected chi connectivity index (χ0v) is 11.1. The summed E-state index contributed by atoms with van der Waals surface area (Å²) in [5.74, 6) is 0.0434. The van der Waals surface area contributed by atoms with Gasteiger partial charge in [0.1, 0.15) is 5.75 Å². The highest BCUT2D eigenvalue weighted by Crippen LogP contribution is 2.15. The van der Waals surface area contributed by atoms with Crippen LogP contribution in [0, 0.1) is 0 Å². The number of nitrogens with one attached hydrogen (secondary N) is 2. The van der Waals surface area contributed by atoms with Crippen LogP contribution >= 0.6 is 0 Å². The number of amides is 1. The van der Waals surface area contributed by atoms with Crippen molar-refractivity contribution in [2.75, 3.05) is 13.1 Å². The summed E-state index contributed by atoms with van der Waals surface area (Å²) in [7, 11) is 0. The maximum atomic E-state index is 12.0. The second-order valence-corrected chi connectivity index (χ2v) is 4.81. The SMILES string of the molecule is O=C(Cc1ccc(OC(F)F)cc1)NC1CCCNC1. The van der Waals surface area contributed by atoms with E-state index in [9.17, 15) is 13.6 Å². The first-order chi connectivity index (χ1) is 9.63. The van der Waals surface area contributed by atoms with Gasteiger partial charge >= 0.3 is 6.61 Å². The molecule has 1 heterocycles. The van der Waals surface area contributed by atoms with Gasteiger partial charge in [0.25, 0.3) is 0 Å². The molecule has 20 heavy (non-hydrogen) atoms. The lowest BCUT2D eigenvalue weighted by atomic mass is 10.1. The Morgan fingerprint density at radius 1 is 1.40 bits per heavy atom. The van der Waals surface area contributed by atoms with Crippen LogP contribution in [-0.2, 0) is 11.2 Å². The van der Waals surface area contributed by atoms with Gasteiger partial charge in [0.2, 0.25) is 5.91 Å². The van der Waals surface area contributed by atoms with Crippen LogP contribution in [0.5, 0.6) is 5.75 Å². The van der Waals surface area contributed by atoms with Gasteiger partial charge in [-0.1, -0.05) is 12.1 Å². The van der Waals surface area contributed by atoms with E-state index >= 15 is 0 Å². The molecular formula is C14H18F2N2O2. The Morgan fingerprint density at radius 2 is 2.15 bits per heavy atom. The van der Waals surface area contributed by atoms with Crippen LogP contribution in [0.3, 0.4) is 0 Å². The van der Waals surface area contributed by atoms with E-state index in [0.29, 0.717) is 0 Å². The molecular weight excluding hydrogens is 266 g/mol. The molecule has 1 amide bonds. The maximum absolute atomic E-state index is 12.0. The minimum atomic E-state index is -2.83. The van der Waals surface area contributed by atoms with Gasteiger partial charge < -0.3 is 15.4 Å². The molecule has 0 aliphatic carbocycles. The van der Waals surface area contributed by atoms with E-state index in [1.165, 1.54) is 12.1 Å². The zero-order valence-electron chi connectivity index (χ0n) is 11.1. The van der Waals surface area contributed by atoms with Crippen molar-refractivity contribution in [3.05, 3.63) is 29.8 Å². The molecule has 0 saturated carbocycles. The van der Waals surface area contributed by atoms with Crippen LogP contribution in [0.2, 0.25) is 0 Å². The van der Waals surface area contributed by atoms with Crippen molar-refractivity contribution >= 4 is 5.91 Å². The summed E-state index contributed by atoms with van der Waals surface area (Å²) in [6.45, 7) is -1.03. The third-order valence-electron chi connectivity index (χ3n) is 3.18. The second kappa shape index (κ2) is 7.19. The van der Waals surface area contributed by atoms with Gasteiger partial charge in [0, 0.05) is 12.6 Å². The predicted octanol–water partition coefficient (Wildman–Crippen LogP) is 1.70. The third kappa shape index (κ3) is 4.77. The average Bonchev–Trinajstić information content (AvgIpc) is 2.41. The number of rotatable bonds is 5. The topological polar surface area (TPSA) is 50.4 Å². The Balaban J connectivity index is 1.81. The van der Waals surface area contributed by atoms with Gasteiger partial charge in [0.15, 0.2) is 0 Å². The van der Waals surface area contributed by atoms with Crippen molar-refractivity contribution < 1.29 is 18.3 Å². The van der Waals surface area contributed by atoms with E-state index in [2.05, 4.69) is 15.4 Å². The van der Waals surface area contributed by atoms with Crippen LogP contribution < -0.4 is 15.4 Å². The molecule has 1 aliphatic heterocycles. The third-order valence-corrected chi connectivity index (χ3v) is 3.18. The summed E-state index contributed by atoms with van der Waals surface area (Å²) in [5.41, 5.74) is 0.771. The van der Waals surface area contributed by atoms with Crippen molar-refractivity contribution in [3.63, 3.8) is 0 Å². The fraction of sp³-hybridized carbons (Fsp3) is 0.500. The normalized spacial score (nSPS) is 18.9. The van der Waals surface area contributed by atoms with Crippen molar-refractivity contribution in [1.82, 2.24) is 10.6 Å². The molecule has 1 unspecified atom stereocenters. The maximum Gasteiger partial charge on any atom is 0.387 e. The van der Waals surface area contributed by atoms with E-state index in [-0.39, 0.29) is 24.1 Å². The molecule has 2 N–H and O–H groups in total. The molecule has 1 atom stereocenters. The van der Waals surface area contributed by atoms with Crippen molar-refractivity contribution in [2.24, 2.45) is 0 Å². The highest BCUT2D eigenvalue weighted by atomic mass is 19.3. The highest BCUT2D eigenvalue weighted by Gasteiger charge is 2.15. The molecule has 1 aromatic rings. The van der Waals surface area contributed by atoms with Crippen LogP contribution in [0.15, 0.2) is 24.3 Å². The van der Waals surface area contributed by atoms with Gasteiger partial charge in [-0.3, -0.25) is 4.79 Å².